The number of rotatable bonds is 2. The molecule has 0 N–H and O–H groups in total. The topological polar surface area (TPSA) is 51.7 Å². The number of carbonyl (C=O) groups excluding carboxylic acids is 1. The van der Waals surface area contributed by atoms with Crippen molar-refractivity contribution in [1.82, 2.24) is 4.98 Å². The lowest BCUT2D eigenvalue weighted by Crippen LogP contribution is -2.28. The van der Waals surface area contributed by atoms with Crippen LogP contribution in [0.3, 0.4) is 0 Å². The number of hydrogen-bond acceptors (Lipinski definition) is 4. The van der Waals surface area contributed by atoms with Gasteiger partial charge < -0.3 is 9.47 Å². The van der Waals surface area contributed by atoms with Gasteiger partial charge in [0.1, 0.15) is 0 Å². The van der Waals surface area contributed by atoms with Crippen LogP contribution in [0.25, 0.3) is 0 Å². The van der Waals surface area contributed by atoms with E-state index in [1.165, 1.54) is 0 Å². The van der Waals surface area contributed by atoms with Crippen molar-refractivity contribution in [2.75, 3.05) is 18.1 Å². The number of hydrogen-bond donors (Lipinski definition) is 0. The van der Waals surface area contributed by atoms with E-state index in [2.05, 4.69) is 11.1 Å². The van der Waals surface area contributed by atoms with E-state index < -0.39 is 0 Å². The quantitative estimate of drug-likeness (QED) is 0.856. The largest absolute Gasteiger partial charge is 0.346 e. The van der Waals surface area contributed by atoms with Gasteiger partial charge in [0.2, 0.25) is 5.91 Å². The highest BCUT2D eigenvalue weighted by atomic mass is 16.7. The molecule has 1 aromatic heterocycles. The van der Waals surface area contributed by atoms with Crippen LogP contribution in [0.5, 0.6) is 0 Å². The fourth-order valence-corrected chi connectivity index (χ4v) is 3.62. The molecule has 116 valence electrons. The van der Waals surface area contributed by atoms with Gasteiger partial charge in [0.05, 0.1) is 36.2 Å². The minimum Gasteiger partial charge on any atom is -0.346 e. The molecule has 1 aromatic carbocycles. The Morgan fingerprint density at radius 3 is 2.70 bits per heavy atom. The molecule has 2 fully saturated rings. The summed E-state index contributed by atoms with van der Waals surface area (Å²) in [5.74, 6) is 0.158. The van der Waals surface area contributed by atoms with Gasteiger partial charge in [0.25, 0.3) is 0 Å². The third-order valence-electron chi connectivity index (χ3n) is 4.92. The number of benzene rings is 1. The summed E-state index contributed by atoms with van der Waals surface area (Å²) in [6.07, 6.45) is 4.95. The average Bonchev–Trinajstić information content (AvgIpc) is 3.13. The standard InChI is InChI=1S/C18H16N2O3/c21-17-18(5-6-18)14-3-1-2-4-15(14)20(17)13-9-12(10-19-11-13)16-22-7-8-23-16/h1-4,9-11,16H,5-8H2. The van der Waals surface area contributed by atoms with Crippen molar-refractivity contribution in [1.29, 1.82) is 0 Å². The van der Waals surface area contributed by atoms with Crippen molar-refractivity contribution < 1.29 is 14.3 Å². The molecule has 0 atom stereocenters. The first-order valence-corrected chi connectivity index (χ1v) is 7.92. The second-order valence-electron chi connectivity index (χ2n) is 6.29. The first kappa shape index (κ1) is 13.2. The summed E-state index contributed by atoms with van der Waals surface area (Å²) < 4.78 is 11.1. The summed E-state index contributed by atoms with van der Waals surface area (Å²) in [7, 11) is 0. The van der Waals surface area contributed by atoms with Gasteiger partial charge in [-0.2, -0.15) is 0 Å². The lowest BCUT2D eigenvalue weighted by atomic mass is 9.98. The molecule has 23 heavy (non-hydrogen) atoms. The maximum Gasteiger partial charge on any atom is 0.242 e. The zero-order valence-corrected chi connectivity index (χ0v) is 12.6. The van der Waals surface area contributed by atoms with E-state index in [0.29, 0.717) is 13.2 Å². The van der Waals surface area contributed by atoms with E-state index in [4.69, 9.17) is 9.47 Å². The van der Waals surface area contributed by atoms with Crippen LogP contribution in [-0.4, -0.2) is 24.1 Å². The van der Waals surface area contributed by atoms with Crippen molar-refractivity contribution in [2.45, 2.75) is 24.5 Å². The second kappa shape index (κ2) is 4.63. The molecule has 1 saturated carbocycles. The number of fused-ring (bicyclic) bond motifs is 2. The summed E-state index contributed by atoms with van der Waals surface area (Å²) in [4.78, 5) is 19.1. The maximum atomic E-state index is 13.0. The third-order valence-corrected chi connectivity index (χ3v) is 4.92. The van der Waals surface area contributed by atoms with Gasteiger partial charge in [0.15, 0.2) is 6.29 Å². The molecule has 1 amide bonds. The van der Waals surface area contributed by atoms with Gasteiger partial charge >= 0.3 is 0 Å². The van der Waals surface area contributed by atoms with Gasteiger partial charge in [-0.25, -0.2) is 0 Å². The van der Waals surface area contributed by atoms with Gasteiger partial charge in [-0.05, 0) is 30.5 Å². The Morgan fingerprint density at radius 1 is 1.13 bits per heavy atom. The number of carbonyl (C=O) groups is 1. The Bertz CT molecular complexity index is 794. The van der Waals surface area contributed by atoms with Crippen molar-refractivity contribution in [3.8, 4) is 0 Å². The SMILES string of the molecule is O=C1N(c2cncc(C3OCCO3)c2)c2ccccc2C12CC2. The monoisotopic (exact) mass is 308 g/mol. The minimum absolute atomic E-state index is 0.158. The van der Waals surface area contributed by atoms with Crippen molar-refractivity contribution in [3.05, 3.63) is 53.9 Å². The third kappa shape index (κ3) is 1.81. The van der Waals surface area contributed by atoms with E-state index in [1.807, 2.05) is 24.3 Å². The normalized spacial score (nSPS) is 21.9. The molecule has 3 heterocycles. The van der Waals surface area contributed by atoms with Crippen LogP contribution in [0, 0.1) is 0 Å². The average molecular weight is 308 g/mol. The van der Waals surface area contributed by atoms with Crippen molar-refractivity contribution >= 4 is 17.3 Å². The first-order valence-electron chi connectivity index (χ1n) is 7.92. The van der Waals surface area contributed by atoms with Crippen LogP contribution in [0.1, 0.15) is 30.3 Å². The summed E-state index contributed by atoms with van der Waals surface area (Å²) in [5, 5.41) is 0. The number of anilines is 2. The Labute approximate surface area is 133 Å². The molecule has 5 nitrogen and oxygen atoms in total. The second-order valence-corrected chi connectivity index (χ2v) is 6.29. The summed E-state index contributed by atoms with van der Waals surface area (Å²) in [6.45, 7) is 1.17. The zero-order chi connectivity index (χ0) is 15.4. The Kier molecular flexibility index (Phi) is 2.66. The fraction of sp³-hybridized carbons (Fsp3) is 0.333. The Morgan fingerprint density at radius 2 is 1.91 bits per heavy atom. The highest BCUT2D eigenvalue weighted by Crippen LogP contribution is 2.58. The van der Waals surface area contributed by atoms with Gasteiger partial charge in [0, 0.05) is 11.8 Å². The highest BCUT2D eigenvalue weighted by Gasteiger charge is 2.59. The highest BCUT2D eigenvalue weighted by molar-refractivity contribution is 6.14. The Balaban J connectivity index is 1.60. The smallest absolute Gasteiger partial charge is 0.242 e. The van der Waals surface area contributed by atoms with Crippen molar-refractivity contribution in [2.24, 2.45) is 0 Å². The number of ether oxygens (including phenoxy) is 2. The molecule has 0 unspecified atom stereocenters. The molecule has 3 aliphatic rings. The number of nitrogens with zero attached hydrogens (tertiary/aromatic N) is 2. The van der Waals surface area contributed by atoms with Crippen LogP contribution in [0.15, 0.2) is 42.7 Å². The van der Waals surface area contributed by atoms with Crippen molar-refractivity contribution in [3.63, 3.8) is 0 Å². The molecular weight excluding hydrogens is 292 g/mol. The zero-order valence-electron chi connectivity index (χ0n) is 12.6. The van der Waals surface area contributed by atoms with Crippen LogP contribution in [0.4, 0.5) is 11.4 Å². The van der Waals surface area contributed by atoms with E-state index >= 15 is 0 Å². The van der Waals surface area contributed by atoms with Crippen LogP contribution in [-0.2, 0) is 19.7 Å². The summed E-state index contributed by atoms with van der Waals surface area (Å²) >= 11 is 0. The lowest BCUT2D eigenvalue weighted by Gasteiger charge is -2.19. The molecule has 1 aliphatic carbocycles. The van der Waals surface area contributed by atoms with E-state index in [1.54, 1.807) is 17.3 Å². The van der Waals surface area contributed by atoms with Gasteiger partial charge in [-0.1, -0.05) is 18.2 Å². The van der Waals surface area contributed by atoms with E-state index in [0.717, 1.165) is 35.3 Å². The van der Waals surface area contributed by atoms with Crippen LogP contribution < -0.4 is 4.90 Å². The molecule has 1 spiro atoms. The number of amides is 1. The molecule has 2 aliphatic heterocycles. The van der Waals surface area contributed by atoms with Crippen LogP contribution >= 0.6 is 0 Å². The lowest BCUT2D eigenvalue weighted by molar-refractivity contribution is -0.119. The summed E-state index contributed by atoms with van der Waals surface area (Å²) in [6, 6.07) is 10.0. The predicted octanol–water partition coefficient (Wildman–Crippen LogP) is 2.84. The fourth-order valence-electron chi connectivity index (χ4n) is 3.62. The molecule has 0 bridgehead atoms. The summed E-state index contributed by atoms with van der Waals surface area (Å²) in [5.41, 5.74) is 3.45. The maximum absolute atomic E-state index is 13.0. The van der Waals surface area contributed by atoms with Crippen LogP contribution in [0.2, 0.25) is 0 Å². The Hall–Kier alpha value is -2.24. The number of pyridine rings is 1. The molecule has 5 heteroatoms. The molecule has 0 radical (unpaired) electrons. The van der Waals surface area contributed by atoms with Gasteiger partial charge in [-0.3, -0.25) is 14.7 Å². The molecule has 5 rings (SSSR count). The van der Waals surface area contributed by atoms with E-state index in [9.17, 15) is 4.79 Å². The number of aromatic nitrogens is 1. The minimum atomic E-state index is -0.384. The first-order chi connectivity index (χ1) is 11.3. The predicted molar refractivity (Wildman–Crippen MR) is 83.4 cm³/mol. The number of para-hydroxylation sites is 1. The molecule has 1 saturated heterocycles. The molecular formula is C18H16N2O3. The van der Waals surface area contributed by atoms with Gasteiger partial charge in [-0.15, -0.1) is 0 Å². The molecule has 2 aromatic rings. The van der Waals surface area contributed by atoms with E-state index in [-0.39, 0.29) is 17.6 Å².